The molecule has 1 atom stereocenters. The van der Waals surface area contributed by atoms with Crippen molar-refractivity contribution >= 4 is 0 Å². The summed E-state index contributed by atoms with van der Waals surface area (Å²) in [6.45, 7) is 8.95. The third-order valence-corrected chi connectivity index (χ3v) is 2.84. The zero-order valence-corrected chi connectivity index (χ0v) is 16.6. The third-order valence-electron chi connectivity index (χ3n) is 2.84. The molecule has 0 bridgehead atoms. The van der Waals surface area contributed by atoms with Gasteiger partial charge in [0.15, 0.2) is 0 Å². The average molecular weight is 385 g/mol. The molecule has 8 heteroatoms. The van der Waals surface area contributed by atoms with Crippen molar-refractivity contribution in [3.63, 3.8) is 0 Å². The first-order valence-electron chi connectivity index (χ1n) is 9.47. The summed E-state index contributed by atoms with van der Waals surface area (Å²) >= 11 is 0. The highest BCUT2D eigenvalue weighted by molar-refractivity contribution is 4.42. The second-order valence-corrected chi connectivity index (χ2v) is 5.53. The van der Waals surface area contributed by atoms with E-state index in [1.165, 1.54) is 12.8 Å². The van der Waals surface area contributed by atoms with Gasteiger partial charge in [-0.2, -0.15) is 0 Å². The highest BCUT2D eigenvalue weighted by atomic mass is 16.6. The Hall–Kier alpha value is -0.320. The van der Waals surface area contributed by atoms with Gasteiger partial charge in [-0.15, -0.1) is 0 Å². The zero-order valence-electron chi connectivity index (χ0n) is 16.6. The first kappa shape index (κ1) is 27.9. The van der Waals surface area contributed by atoms with E-state index in [4.69, 9.17) is 39.0 Å². The highest BCUT2D eigenvalue weighted by Gasteiger charge is 1.93. The van der Waals surface area contributed by atoms with Crippen molar-refractivity contribution in [3.8, 4) is 0 Å². The molecule has 0 aliphatic heterocycles. The zero-order chi connectivity index (χ0) is 19.7. The summed E-state index contributed by atoms with van der Waals surface area (Å²) in [5.74, 6) is 0. The molecular weight excluding hydrogens is 344 g/mol. The molecule has 0 heterocycles. The van der Waals surface area contributed by atoms with Crippen LogP contribution in [-0.2, 0) is 23.7 Å². The van der Waals surface area contributed by atoms with Crippen LogP contribution in [0.2, 0.25) is 0 Å². The first-order chi connectivity index (χ1) is 12.7. The van der Waals surface area contributed by atoms with Gasteiger partial charge in [-0.05, 0) is 13.3 Å². The van der Waals surface area contributed by atoms with Crippen LogP contribution in [0, 0.1) is 0 Å². The largest absolute Gasteiger partial charge is 0.394 e. The second-order valence-electron chi connectivity index (χ2n) is 5.53. The number of aliphatic hydroxyl groups is 3. The van der Waals surface area contributed by atoms with E-state index in [0.29, 0.717) is 59.5 Å². The molecule has 0 aromatic rings. The maximum absolute atomic E-state index is 8.78. The van der Waals surface area contributed by atoms with Crippen molar-refractivity contribution in [1.82, 2.24) is 0 Å². The summed E-state index contributed by atoms with van der Waals surface area (Å²) in [6.07, 6.45) is 3.24. The fraction of sp³-hybridized carbons (Fsp3) is 1.00. The maximum Gasteiger partial charge on any atom is 0.0745 e. The Kier molecular flexibility index (Phi) is 28.9. The summed E-state index contributed by atoms with van der Waals surface area (Å²) < 4.78 is 25.5. The minimum absolute atomic E-state index is 0.0386. The van der Waals surface area contributed by atoms with E-state index in [1.807, 2.05) is 0 Å². The molecule has 0 aliphatic rings. The molecular formula is C18H40O8. The van der Waals surface area contributed by atoms with Gasteiger partial charge in [-0.3, -0.25) is 0 Å². The molecule has 8 nitrogen and oxygen atoms in total. The van der Waals surface area contributed by atoms with Gasteiger partial charge in [-0.1, -0.05) is 19.8 Å². The lowest BCUT2D eigenvalue weighted by Gasteiger charge is -2.06. The minimum atomic E-state index is -0.318. The van der Waals surface area contributed by atoms with Gasteiger partial charge in [0.25, 0.3) is 0 Å². The molecule has 0 spiro atoms. The number of hydrogen-bond donors (Lipinski definition) is 3. The predicted molar refractivity (Wildman–Crippen MR) is 99.5 cm³/mol. The van der Waals surface area contributed by atoms with E-state index in [1.54, 1.807) is 6.92 Å². The number of hydrogen-bond acceptors (Lipinski definition) is 8. The van der Waals surface area contributed by atoms with Crippen molar-refractivity contribution in [2.24, 2.45) is 0 Å². The van der Waals surface area contributed by atoms with Gasteiger partial charge in [0.1, 0.15) is 0 Å². The van der Waals surface area contributed by atoms with E-state index in [2.05, 4.69) is 6.92 Å². The van der Waals surface area contributed by atoms with E-state index in [-0.39, 0.29) is 19.3 Å². The van der Waals surface area contributed by atoms with E-state index in [9.17, 15) is 0 Å². The molecule has 0 aromatic carbocycles. The molecule has 0 rings (SSSR count). The molecule has 3 N–H and O–H groups in total. The first-order valence-corrected chi connectivity index (χ1v) is 9.47. The Balaban J connectivity index is 0. The smallest absolute Gasteiger partial charge is 0.0745 e. The molecule has 0 fully saturated rings. The molecule has 0 aromatic heterocycles. The molecule has 160 valence electrons. The predicted octanol–water partition coefficient (Wildman–Crippen LogP) is 0.611. The standard InChI is InChI=1S/C10H22O6.C8H18O2/c11-1-3-13-5-7-15-9-10-16-8-6-14-4-2-12;1-3-4-5-6-10-7-8(2)9/h11-12H,1-10H2;8-9H,3-7H2,1-2H3. The Bertz CT molecular complexity index is 215. The van der Waals surface area contributed by atoms with Gasteiger partial charge in [0.05, 0.1) is 78.8 Å². The van der Waals surface area contributed by atoms with Crippen molar-refractivity contribution in [1.29, 1.82) is 0 Å². The number of aliphatic hydroxyl groups excluding tert-OH is 3. The average Bonchev–Trinajstić information content (AvgIpc) is 2.63. The van der Waals surface area contributed by atoms with Gasteiger partial charge in [-0.25, -0.2) is 0 Å². The third kappa shape index (κ3) is 31.4. The van der Waals surface area contributed by atoms with Crippen LogP contribution in [0.15, 0.2) is 0 Å². The molecule has 0 saturated carbocycles. The van der Waals surface area contributed by atoms with E-state index >= 15 is 0 Å². The Morgan fingerprint density at radius 2 is 1.04 bits per heavy atom. The Morgan fingerprint density at radius 3 is 1.38 bits per heavy atom. The summed E-state index contributed by atoms with van der Waals surface area (Å²) in [4.78, 5) is 0. The molecule has 0 aliphatic carbocycles. The van der Waals surface area contributed by atoms with Crippen molar-refractivity contribution in [2.75, 3.05) is 79.3 Å². The van der Waals surface area contributed by atoms with Crippen LogP contribution in [0.3, 0.4) is 0 Å². The van der Waals surface area contributed by atoms with Crippen LogP contribution in [0.4, 0.5) is 0 Å². The van der Waals surface area contributed by atoms with Gasteiger partial charge in [0.2, 0.25) is 0 Å². The van der Waals surface area contributed by atoms with Crippen molar-refractivity contribution in [2.45, 2.75) is 39.2 Å². The molecule has 26 heavy (non-hydrogen) atoms. The topological polar surface area (TPSA) is 107 Å². The molecule has 0 radical (unpaired) electrons. The van der Waals surface area contributed by atoms with Gasteiger partial charge < -0.3 is 39.0 Å². The van der Waals surface area contributed by atoms with Crippen LogP contribution in [0.25, 0.3) is 0 Å². The summed E-state index contributed by atoms with van der Waals surface area (Å²) in [5.41, 5.74) is 0. The molecule has 0 amide bonds. The molecule has 0 saturated heterocycles. The SMILES string of the molecule is CCCCCOCC(C)O.OCCOCCOCCOCCOCCO. The number of ether oxygens (including phenoxy) is 5. The van der Waals surface area contributed by atoms with Gasteiger partial charge >= 0.3 is 0 Å². The van der Waals surface area contributed by atoms with Crippen molar-refractivity contribution in [3.05, 3.63) is 0 Å². The fourth-order valence-corrected chi connectivity index (χ4v) is 1.60. The van der Waals surface area contributed by atoms with Gasteiger partial charge in [0, 0.05) is 6.61 Å². The Labute approximate surface area is 158 Å². The number of rotatable bonds is 19. The van der Waals surface area contributed by atoms with Crippen LogP contribution in [0.1, 0.15) is 33.1 Å². The van der Waals surface area contributed by atoms with Crippen molar-refractivity contribution < 1.29 is 39.0 Å². The van der Waals surface area contributed by atoms with E-state index in [0.717, 1.165) is 13.0 Å². The van der Waals surface area contributed by atoms with Crippen LogP contribution >= 0.6 is 0 Å². The normalized spacial score (nSPS) is 11.9. The molecule has 1 unspecified atom stereocenters. The minimum Gasteiger partial charge on any atom is -0.394 e. The second kappa shape index (κ2) is 26.9. The lowest BCUT2D eigenvalue weighted by molar-refractivity contribution is -0.00856. The maximum atomic E-state index is 8.78. The summed E-state index contributed by atoms with van der Waals surface area (Å²) in [7, 11) is 0. The lowest BCUT2D eigenvalue weighted by atomic mass is 10.3. The Morgan fingerprint density at radius 1 is 0.615 bits per heavy atom. The summed E-state index contributed by atoms with van der Waals surface area (Å²) in [5, 5.41) is 25.6. The number of unbranched alkanes of at least 4 members (excludes halogenated alkanes) is 2. The van der Waals surface area contributed by atoms with Crippen LogP contribution in [0.5, 0.6) is 0 Å². The fourth-order valence-electron chi connectivity index (χ4n) is 1.60. The summed E-state index contributed by atoms with van der Waals surface area (Å²) in [6, 6.07) is 0. The van der Waals surface area contributed by atoms with Crippen LogP contribution < -0.4 is 0 Å². The highest BCUT2D eigenvalue weighted by Crippen LogP contribution is 1.94. The lowest BCUT2D eigenvalue weighted by Crippen LogP contribution is -2.13. The monoisotopic (exact) mass is 384 g/mol. The van der Waals surface area contributed by atoms with E-state index < -0.39 is 0 Å². The quantitative estimate of drug-likeness (QED) is 0.278. The van der Waals surface area contributed by atoms with Crippen LogP contribution in [-0.4, -0.2) is 101 Å².